The Morgan fingerprint density at radius 2 is 1.95 bits per heavy atom. The van der Waals surface area contributed by atoms with Crippen LogP contribution in [0.1, 0.15) is 12.5 Å². The van der Waals surface area contributed by atoms with Crippen LogP contribution in [0.2, 0.25) is 0 Å². The molecular formula is C16H18BrNO3. The molecule has 0 unspecified atom stereocenters. The second-order valence-electron chi connectivity index (χ2n) is 4.44. The van der Waals surface area contributed by atoms with Gasteiger partial charge in [-0.3, -0.25) is 0 Å². The molecule has 0 aliphatic heterocycles. The fourth-order valence-corrected chi connectivity index (χ4v) is 2.35. The third-order valence-electron chi connectivity index (χ3n) is 2.97. The van der Waals surface area contributed by atoms with Crippen molar-refractivity contribution < 1.29 is 14.6 Å². The van der Waals surface area contributed by atoms with Gasteiger partial charge in [-0.15, -0.1) is 0 Å². The van der Waals surface area contributed by atoms with Gasteiger partial charge in [0, 0.05) is 18.3 Å². The predicted octanol–water partition coefficient (Wildman–Crippen LogP) is 4.17. The van der Waals surface area contributed by atoms with Crippen LogP contribution >= 0.6 is 15.9 Å². The number of aromatic hydroxyl groups is 1. The number of nitrogens with one attached hydrogen (secondary N) is 1. The molecule has 0 fully saturated rings. The van der Waals surface area contributed by atoms with Crippen LogP contribution in [-0.2, 0) is 6.54 Å². The number of rotatable bonds is 6. The molecule has 0 aliphatic carbocycles. The number of benzene rings is 2. The highest BCUT2D eigenvalue weighted by atomic mass is 79.9. The highest BCUT2D eigenvalue weighted by Crippen LogP contribution is 2.30. The molecule has 112 valence electrons. The Bertz CT molecular complexity index is 616. The molecular weight excluding hydrogens is 334 g/mol. The highest BCUT2D eigenvalue weighted by molar-refractivity contribution is 9.10. The van der Waals surface area contributed by atoms with Crippen LogP contribution in [0.25, 0.3) is 0 Å². The van der Waals surface area contributed by atoms with Crippen LogP contribution in [0.4, 0.5) is 5.69 Å². The van der Waals surface area contributed by atoms with Crippen molar-refractivity contribution in [1.29, 1.82) is 0 Å². The molecule has 0 radical (unpaired) electrons. The van der Waals surface area contributed by atoms with Crippen LogP contribution in [0, 0.1) is 0 Å². The maximum Gasteiger partial charge on any atom is 0.163 e. The first-order valence-electron chi connectivity index (χ1n) is 6.66. The summed E-state index contributed by atoms with van der Waals surface area (Å²) in [5.74, 6) is 1.67. The van der Waals surface area contributed by atoms with E-state index >= 15 is 0 Å². The third-order valence-corrected chi connectivity index (χ3v) is 3.61. The maximum absolute atomic E-state index is 9.48. The van der Waals surface area contributed by atoms with E-state index in [1.807, 2.05) is 37.3 Å². The van der Waals surface area contributed by atoms with E-state index in [1.165, 1.54) is 0 Å². The fourth-order valence-electron chi connectivity index (χ4n) is 1.92. The number of methoxy groups -OCH3 is 1. The lowest BCUT2D eigenvalue weighted by Crippen LogP contribution is -2.01. The van der Waals surface area contributed by atoms with Crippen LogP contribution < -0.4 is 14.8 Å². The lowest BCUT2D eigenvalue weighted by molar-refractivity contribution is 0.311. The van der Waals surface area contributed by atoms with Gasteiger partial charge in [0.2, 0.25) is 0 Å². The third kappa shape index (κ3) is 4.04. The van der Waals surface area contributed by atoms with E-state index in [0.717, 1.165) is 22.7 Å². The van der Waals surface area contributed by atoms with E-state index in [4.69, 9.17) is 9.47 Å². The van der Waals surface area contributed by atoms with Crippen molar-refractivity contribution in [3.05, 3.63) is 46.4 Å². The quantitative estimate of drug-likeness (QED) is 0.819. The Kier molecular flexibility index (Phi) is 5.33. The number of halogens is 1. The number of hydrogen-bond donors (Lipinski definition) is 2. The van der Waals surface area contributed by atoms with Crippen molar-refractivity contribution in [1.82, 2.24) is 0 Å². The van der Waals surface area contributed by atoms with E-state index in [1.54, 1.807) is 13.2 Å². The predicted molar refractivity (Wildman–Crippen MR) is 87.3 cm³/mol. The molecule has 0 heterocycles. The van der Waals surface area contributed by atoms with Crippen molar-refractivity contribution in [2.24, 2.45) is 0 Å². The summed E-state index contributed by atoms with van der Waals surface area (Å²) < 4.78 is 11.5. The zero-order valence-electron chi connectivity index (χ0n) is 12.0. The molecule has 2 aromatic rings. The van der Waals surface area contributed by atoms with E-state index in [0.29, 0.717) is 17.6 Å². The van der Waals surface area contributed by atoms with Crippen molar-refractivity contribution in [2.75, 3.05) is 19.0 Å². The second-order valence-corrected chi connectivity index (χ2v) is 5.29. The first-order chi connectivity index (χ1) is 10.1. The van der Waals surface area contributed by atoms with Gasteiger partial charge in [0.25, 0.3) is 0 Å². The SMILES string of the molecule is CCOc1cc(NCc2ccc(O)c(Br)c2)ccc1OC. The topological polar surface area (TPSA) is 50.7 Å². The summed E-state index contributed by atoms with van der Waals surface area (Å²) in [6.45, 7) is 3.18. The Hall–Kier alpha value is -1.88. The Balaban J connectivity index is 2.08. The molecule has 21 heavy (non-hydrogen) atoms. The molecule has 0 aliphatic rings. The van der Waals surface area contributed by atoms with E-state index in [9.17, 15) is 5.11 Å². The summed E-state index contributed by atoms with van der Waals surface area (Å²) in [6.07, 6.45) is 0. The van der Waals surface area contributed by atoms with Gasteiger partial charge in [-0.25, -0.2) is 0 Å². The average molecular weight is 352 g/mol. The van der Waals surface area contributed by atoms with Crippen LogP contribution in [-0.4, -0.2) is 18.8 Å². The molecule has 2 N–H and O–H groups in total. The summed E-state index contributed by atoms with van der Waals surface area (Å²) in [4.78, 5) is 0. The number of ether oxygens (including phenoxy) is 2. The number of anilines is 1. The van der Waals surface area contributed by atoms with Crippen molar-refractivity contribution in [3.63, 3.8) is 0 Å². The minimum atomic E-state index is 0.238. The largest absolute Gasteiger partial charge is 0.507 e. The molecule has 0 saturated carbocycles. The van der Waals surface area contributed by atoms with E-state index in [-0.39, 0.29) is 5.75 Å². The number of phenolic OH excluding ortho intramolecular Hbond substituents is 1. The molecule has 0 bridgehead atoms. The van der Waals surface area contributed by atoms with E-state index < -0.39 is 0 Å². The molecule has 5 heteroatoms. The lowest BCUT2D eigenvalue weighted by Gasteiger charge is -2.12. The average Bonchev–Trinajstić information content (AvgIpc) is 2.49. The van der Waals surface area contributed by atoms with Gasteiger partial charge in [-0.05, 0) is 52.7 Å². The molecule has 0 atom stereocenters. The van der Waals surface area contributed by atoms with Gasteiger partial charge in [-0.2, -0.15) is 0 Å². The molecule has 0 aromatic heterocycles. The molecule has 2 rings (SSSR count). The van der Waals surface area contributed by atoms with Gasteiger partial charge in [-0.1, -0.05) is 6.07 Å². The summed E-state index contributed by atoms with van der Waals surface area (Å²) in [5, 5.41) is 12.8. The fraction of sp³-hybridized carbons (Fsp3) is 0.250. The molecule has 0 spiro atoms. The zero-order chi connectivity index (χ0) is 15.2. The minimum Gasteiger partial charge on any atom is -0.507 e. The Morgan fingerprint density at radius 1 is 1.14 bits per heavy atom. The summed E-state index contributed by atoms with van der Waals surface area (Å²) in [7, 11) is 1.62. The van der Waals surface area contributed by atoms with E-state index in [2.05, 4.69) is 21.2 Å². The maximum atomic E-state index is 9.48. The Labute approximate surface area is 132 Å². The lowest BCUT2D eigenvalue weighted by atomic mass is 10.2. The monoisotopic (exact) mass is 351 g/mol. The van der Waals surface area contributed by atoms with Crippen molar-refractivity contribution in [3.8, 4) is 17.2 Å². The highest BCUT2D eigenvalue weighted by Gasteiger charge is 2.05. The summed E-state index contributed by atoms with van der Waals surface area (Å²) in [5.41, 5.74) is 2.01. The summed E-state index contributed by atoms with van der Waals surface area (Å²) >= 11 is 3.31. The van der Waals surface area contributed by atoms with Crippen LogP contribution in [0.5, 0.6) is 17.2 Å². The van der Waals surface area contributed by atoms with Gasteiger partial charge < -0.3 is 19.9 Å². The van der Waals surface area contributed by atoms with Crippen molar-refractivity contribution in [2.45, 2.75) is 13.5 Å². The number of hydrogen-bond acceptors (Lipinski definition) is 4. The summed E-state index contributed by atoms with van der Waals surface area (Å²) in [6, 6.07) is 11.2. The van der Waals surface area contributed by atoms with Gasteiger partial charge in [0.05, 0.1) is 18.2 Å². The normalized spacial score (nSPS) is 10.2. The van der Waals surface area contributed by atoms with Crippen LogP contribution in [0.15, 0.2) is 40.9 Å². The molecule has 0 saturated heterocycles. The van der Waals surface area contributed by atoms with Crippen molar-refractivity contribution >= 4 is 21.6 Å². The second kappa shape index (κ2) is 7.22. The Morgan fingerprint density at radius 3 is 2.62 bits per heavy atom. The standard InChI is InChI=1S/C16H18BrNO3/c1-3-21-16-9-12(5-7-15(16)20-2)18-10-11-4-6-14(19)13(17)8-11/h4-9,18-19H,3,10H2,1-2H3. The molecule has 4 nitrogen and oxygen atoms in total. The minimum absolute atomic E-state index is 0.238. The zero-order valence-corrected chi connectivity index (χ0v) is 13.6. The van der Waals surface area contributed by atoms with Gasteiger partial charge >= 0.3 is 0 Å². The van der Waals surface area contributed by atoms with Crippen LogP contribution in [0.3, 0.4) is 0 Å². The first-order valence-corrected chi connectivity index (χ1v) is 7.45. The van der Waals surface area contributed by atoms with Gasteiger partial charge in [0.15, 0.2) is 11.5 Å². The van der Waals surface area contributed by atoms with Gasteiger partial charge in [0.1, 0.15) is 5.75 Å². The molecule has 0 amide bonds. The molecule has 2 aromatic carbocycles. The first kappa shape index (κ1) is 15.5. The number of phenols is 1. The smallest absolute Gasteiger partial charge is 0.163 e.